The number of carbonyl (C=O) groups is 1. The van der Waals surface area contributed by atoms with Crippen LogP contribution < -0.4 is 5.32 Å². The second-order valence-electron chi connectivity index (χ2n) is 7.13. The van der Waals surface area contributed by atoms with E-state index in [9.17, 15) is 9.90 Å². The summed E-state index contributed by atoms with van der Waals surface area (Å²) in [5.41, 5.74) is 5.13. The molecule has 2 saturated heterocycles. The van der Waals surface area contributed by atoms with E-state index in [1.165, 1.54) is 11.1 Å². The molecule has 0 aromatic heterocycles. The number of halogens is 1. The van der Waals surface area contributed by atoms with Crippen LogP contribution in [0, 0.1) is 5.92 Å². The number of fused-ring (bicyclic) bond motifs is 2. The number of carbonyl (C=O) groups excluding carboxylic acids is 1. The number of hydrogen-bond donors (Lipinski definition) is 2. The molecule has 3 aliphatic heterocycles. The number of anilines is 1. The highest BCUT2D eigenvalue weighted by Crippen LogP contribution is 2.61. The van der Waals surface area contributed by atoms with Crippen LogP contribution in [-0.4, -0.2) is 35.4 Å². The van der Waals surface area contributed by atoms with Crippen LogP contribution in [0.25, 0.3) is 0 Å². The van der Waals surface area contributed by atoms with Crippen molar-refractivity contribution in [1.82, 2.24) is 4.90 Å². The molecule has 4 nitrogen and oxygen atoms in total. The number of phenols is 1. The summed E-state index contributed by atoms with van der Waals surface area (Å²) in [5, 5.41) is 13.7. The molecule has 24 heavy (non-hydrogen) atoms. The van der Waals surface area contributed by atoms with E-state index in [-0.39, 0.29) is 29.5 Å². The molecule has 0 unspecified atom stereocenters. The Bertz CT molecular complexity index is 801. The smallest absolute Gasteiger partial charge is 0.148 e. The van der Waals surface area contributed by atoms with Crippen molar-refractivity contribution >= 4 is 24.4 Å². The summed E-state index contributed by atoms with van der Waals surface area (Å²) in [4.78, 5) is 14.5. The fourth-order valence-corrected chi connectivity index (χ4v) is 5.50. The molecule has 1 spiro atoms. The highest BCUT2D eigenvalue weighted by atomic mass is 35.5. The van der Waals surface area contributed by atoms with Gasteiger partial charge < -0.3 is 10.4 Å². The molecule has 5 heteroatoms. The van der Waals surface area contributed by atoms with Crippen molar-refractivity contribution in [2.45, 2.75) is 31.2 Å². The molecule has 2 N–H and O–H groups in total. The van der Waals surface area contributed by atoms with E-state index >= 15 is 0 Å². The predicted octanol–water partition coefficient (Wildman–Crippen LogP) is 2.98. The lowest BCUT2D eigenvalue weighted by Gasteiger charge is -2.48. The average molecular weight is 345 g/mol. The Balaban J connectivity index is 0.00000146. The zero-order valence-corrected chi connectivity index (χ0v) is 14.4. The average Bonchev–Trinajstić information content (AvgIpc) is 3.12. The number of piperidine rings is 1. The number of nitrogens with one attached hydrogen (secondary N) is 1. The molecule has 3 heterocycles. The van der Waals surface area contributed by atoms with Gasteiger partial charge in [0.15, 0.2) is 0 Å². The van der Waals surface area contributed by atoms with Crippen molar-refractivity contribution in [3.05, 3.63) is 46.7 Å². The Labute approximate surface area is 147 Å². The maximum atomic E-state index is 12.0. The first-order chi connectivity index (χ1) is 11.2. The van der Waals surface area contributed by atoms with Crippen molar-refractivity contribution in [3.63, 3.8) is 0 Å². The second kappa shape index (κ2) is 5.11. The van der Waals surface area contributed by atoms with Gasteiger partial charge >= 0.3 is 0 Å². The number of nitrogens with zero attached hydrogens (tertiary/aromatic N) is 1. The summed E-state index contributed by atoms with van der Waals surface area (Å²) in [7, 11) is 0. The summed E-state index contributed by atoms with van der Waals surface area (Å²) < 4.78 is 0. The van der Waals surface area contributed by atoms with Gasteiger partial charge in [0.05, 0.1) is 11.1 Å². The summed E-state index contributed by atoms with van der Waals surface area (Å²) in [6, 6.07) is 6.18. The summed E-state index contributed by atoms with van der Waals surface area (Å²) in [6.45, 7) is 4.08. The zero-order valence-electron chi connectivity index (χ0n) is 13.6. The Morgan fingerprint density at radius 1 is 1.42 bits per heavy atom. The van der Waals surface area contributed by atoms with Crippen LogP contribution in [0.15, 0.2) is 41.1 Å². The first-order valence-electron chi connectivity index (χ1n) is 8.39. The van der Waals surface area contributed by atoms with Gasteiger partial charge in [0.25, 0.3) is 0 Å². The Kier molecular flexibility index (Phi) is 3.35. The number of phenolic OH excluding ortho intramolecular Hbond substituents is 1. The van der Waals surface area contributed by atoms with Crippen LogP contribution in [0.4, 0.5) is 5.69 Å². The van der Waals surface area contributed by atoms with Gasteiger partial charge in [-0.15, -0.1) is 12.4 Å². The van der Waals surface area contributed by atoms with Crippen LogP contribution in [0.5, 0.6) is 5.75 Å². The molecular weight excluding hydrogens is 324 g/mol. The third kappa shape index (κ3) is 1.60. The fraction of sp³-hybridized carbons (Fsp3) is 0.421. The highest BCUT2D eigenvalue weighted by Gasteiger charge is 2.61. The Morgan fingerprint density at radius 2 is 2.25 bits per heavy atom. The van der Waals surface area contributed by atoms with Crippen molar-refractivity contribution in [3.8, 4) is 5.75 Å². The van der Waals surface area contributed by atoms with E-state index in [0.717, 1.165) is 49.2 Å². The molecule has 1 aromatic rings. The largest absolute Gasteiger partial charge is 0.506 e. The van der Waals surface area contributed by atoms with E-state index in [1.807, 2.05) is 6.07 Å². The van der Waals surface area contributed by atoms with E-state index in [4.69, 9.17) is 0 Å². The minimum atomic E-state index is -0.139. The van der Waals surface area contributed by atoms with Crippen molar-refractivity contribution in [2.24, 2.45) is 5.92 Å². The van der Waals surface area contributed by atoms with Gasteiger partial charge in [0.1, 0.15) is 12.0 Å². The zero-order chi connectivity index (χ0) is 15.8. The first kappa shape index (κ1) is 15.7. The third-order valence-electron chi connectivity index (χ3n) is 6.48. The Hall–Kier alpha value is -1.78. The van der Waals surface area contributed by atoms with Gasteiger partial charge in [-0.2, -0.15) is 0 Å². The minimum Gasteiger partial charge on any atom is -0.506 e. The number of aromatic hydroxyl groups is 1. The monoisotopic (exact) mass is 344 g/mol. The molecule has 5 rings (SSSR count). The van der Waals surface area contributed by atoms with Crippen LogP contribution >= 0.6 is 12.4 Å². The number of rotatable bonds is 1. The van der Waals surface area contributed by atoms with E-state index < -0.39 is 0 Å². The molecule has 126 valence electrons. The van der Waals surface area contributed by atoms with E-state index in [2.05, 4.69) is 29.3 Å². The predicted molar refractivity (Wildman–Crippen MR) is 95.6 cm³/mol. The number of para-hydroxylation sites is 1. The van der Waals surface area contributed by atoms with Crippen LogP contribution in [0.2, 0.25) is 0 Å². The minimum absolute atomic E-state index is 0. The van der Waals surface area contributed by atoms with Crippen molar-refractivity contribution < 1.29 is 9.90 Å². The van der Waals surface area contributed by atoms with Gasteiger partial charge in [0.2, 0.25) is 0 Å². The maximum absolute atomic E-state index is 12.0. The maximum Gasteiger partial charge on any atom is 0.148 e. The van der Waals surface area contributed by atoms with Gasteiger partial charge in [-0.05, 0) is 31.4 Å². The molecule has 1 aromatic carbocycles. The highest BCUT2D eigenvalue weighted by molar-refractivity contribution is 5.86. The molecular formula is C19H21ClN2O2. The van der Waals surface area contributed by atoms with Crippen LogP contribution in [-0.2, 0) is 10.2 Å². The number of allylic oxidation sites excluding steroid dienone is 2. The fourth-order valence-electron chi connectivity index (χ4n) is 5.50. The second-order valence-corrected chi connectivity index (χ2v) is 7.13. The standard InChI is InChI=1S/C19H20N2O2.ClH/c1-2-11-9-21-7-6-19-14-4-3-5-15(23)17(14)20-18(19)13(10-22)12(11)8-16(19)21;/h2-5,10,12,16,20,23H,6-9H2,1H3;1H/b11-2+;/t12-,16-,19+;/m0./s1. The lowest BCUT2D eigenvalue weighted by molar-refractivity contribution is -0.105. The Morgan fingerprint density at radius 3 is 3.00 bits per heavy atom. The van der Waals surface area contributed by atoms with Gasteiger partial charge in [-0.25, -0.2) is 0 Å². The van der Waals surface area contributed by atoms with Gasteiger partial charge in [0, 0.05) is 36.3 Å². The van der Waals surface area contributed by atoms with E-state index in [0.29, 0.717) is 6.04 Å². The third-order valence-corrected chi connectivity index (χ3v) is 6.48. The van der Waals surface area contributed by atoms with Crippen molar-refractivity contribution in [2.75, 3.05) is 18.4 Å². The molecule has 3 atom stereocenters. The topological polar surface area (TPSA) is 52.6 Å². The lowest BCUT2D eigenvalue weighted by atomic mass is 9.62. The SMILES string of the molecule is C/C=C1\CN2CC[C@]34C(=C(C=O)[C@H]1C[C@H]23)Nc1c(O)cccc14.Cl. The normalized spacial score (nSPS) is 34.5. The van der Waals surface area contributed by atoms with Crippen LogP contribution in [0.1, 0.15) is 25.3 Å². The van der Waals surface area contributed by atoms with Gasteiger partial charge in [-0.1, -0.05) is 23.8 Å². The summed E-state index contributed by atoms with van der Waals surface area (Å²) in [6.07, 6.45) is 5.24. The van der Waals surface area contributed by atoms with Gasteiger partial charge in [-0.3, -0.25) is 9.69 Å². The van der Waals surface area contributed by atoms with Crippen molar-refractivity contribution in [1.29, 1.82) is 0 Å². The lowest BCUT2D eigenvalue weighted by Crippen LogP contribution is -2.52. The van der Waals surface area contributed by atoms with Crippen LogP contribution in [0.3, 0.4) is 0 Å². The molecule has 0 radical (unpaired) electrons. The number of benzene rings is 1. The molecule has 2 bridgehead atoms. The first-order valence-corrected chi connectivity index (χ1v) is 8.39. The molecule has 0 saturated carbocycles. The molecule has 0 amide bonds. The summed E-state index contributed by atoms with van der Waals surface area (Å²) in [5.74, 6) is 0.507. The molecule has 4 aliphatic rings. The molecule has 2 fully saturated rings. The summed E-state index contributed by atoms with van der Waals surface area (Å²) >= 11 is 0. The molecule has 1 aliphatic carbocycles. The quantitative estimate of drug-likeness (QED) is 0.467. The number of hydrogen-bond acceptors (Lipinski definition) is 4. The van der Waals surface area contributed by atoms with E-state index in [1.54, 1.807) is 6.07 Å². The number of aldehydes is 1.